The molecular weight excluding hydrogens is 485 g/mol. The highest BCUT2D eigenvalue weighted by Gasteiger charge is 2.38. The predicted molar refractivity (Wildman–Crippen MR) is 134 cm³/mol. The molecule has 2 N–H and O–H groups in total. The number of alkyl halides is 3. The van der Waals surface area contributed by atoms with Gasteiger partial charge in [0.2, 0.25) is 0 Å². The molecule has 0 spiro atoms. The van der Waals surface area contributed by atoms with Crippen LogP contribution in [0.3, 0.4) is 0 Å². The number of rotatable bonds is 3. The van der Waals surface area contributed by atoms with Gasteiger partial charge in [-0.25, -0.2) is 14.6 Å². The van der Waals surface area contributed by atoms with Gasteiger partial charge in [0.05, 0.1) is 11.0 Å². The smallest absolute Gasteiger partial charge is 0.475 e. The monoisotopic (exact) mass is 510 g/mol. The van der Waals surface area contributed by atoms with Gasteiger partial charge >= 0.3 is 18.2 Å². The number of anilines is 1. The summed E-state index contributed by atoms with van der Waals surface area (Å²) in [5, 5.41) is 12.6. The molecule has 5 rings (SSSR count). The number of carbonyl (C=O) groups excluding carboxylic acids is 1. The summed E-state index contributed by atoms with van der Waals surface area (Å²) in [5.41, 5.74) is 2.99. The van der Waals surface area contributed by atoms with Crippen LogP contribution in [0.15, 0.2) is 72.9 Å². The number of carboxylic acid groups (broad SMARTS) is 1. The second-order valence-electron chi connectivity index (χ2n) is 8.79. The molecule has 1 aliphatic heterocycles. The van der Waals surface area contributed by atoms with Crippen LogP contribution >= 0.6 is 0 Å². The molecule has 0 aliphatic carbocycles. The number of benzene rings is 2. The van der Waals surface area contributed by atoms with E-state index in [1.807, 2.05) is 23.1 Å². The summed E-state index contributed by atoms with van der Waals surface area (Å²) >= 11 is 0. The van der Waals surface area contributed by atoms with Crippen molar-refractivity contribution in [3.8, 4) is 0 Å². The van der Waals surface area contributed by atoms with Gasteiger partial charge in [-0.3, -0.25) is 10.3 Å². The number of nitrogens with one attached hydrogen (secondary N) is 1. The lowest BCUT2D eigenvalue weighted by atomic mass is 9.89. The summed E-state index contributed by atoms with van der Waals surface area (Å²) < 4.78 is 31.7. The molecule has 2 aromatic carbocycles. The van der Waals surface area contributed by atoms with Crippen LogP contribution < -0.4 is 5.32 Å². The number of piperidine rings is 1. The number of hydrogen-bond donors (Lipinski definition) is 2. The highest BCUT2D eigenvalue weighted by atomic mass is 19.4. The van der Waals surface area contributed by atoms with Crippen LogP contribution in [0.4, 0.5) is 23.8 Å². The first-order chi connectivity index (χ1) is 17.7. The molecule has 7 nitrogen and oxygen atoms in total. The van der Waals surface area contributed by atoms with E-state index < -0.39 is 12.1 Å². The minimum atomic E-state index is -5.08. The van der Waals surface area contributed by atoms with Gasteiger partial charge in [0, 0.05) is 19.3 Å². The van der Waals surface area contributed by atoms with E-state index in [4.69, 9.17) is 9.90 Å². The first kappa shape index (κ1) is 25.9. The second-order valence-corrected chi connectivity index (χ2v) is 8.79. The lowest BCUT2D eigenvalue weighted by Gasteiger charge is -2.32. The van der Waals surface area contributed by atoms with Gasteiger partial charge in [-0.2, -0.15) is 13.2 Å². The Labute approximate surface area is 210 Å². The topological polar surface area (TPSA) is 95.4 Å². The number of carbonyl (C=O) groups is 2. The van der Waals surface area contributed by atoms with Gasteiger partial charge in [0.1, 0.15) is 5.82 Å². The molecule has 0 saturated carbocycles. The third kappa shape index (κ3) is 6.93. The predicted octanol–water partition coefficient (Wildman–Crippen LogP) is 5.90. The lowest BCUT2D eigenvalue weighted by molar-refractivity contribution is -0.192. The van der Waals surface area contributed by atoms with Crippen molar-refractivity contribution in [2.24, 2.45) is 5.92 Å². The molecule has 0 bridgehead atoms. The number of amides is 2. The van der Waals surface area contributed by atoms with E-state index in [2.05, 4.69) is 57.7 Å². The average molecular weight is 511 g/mol. The Balaban J connectivity index is 0.000000405. The number of carboxylic acids is 1. The zero-order chi connectivity index (χ0) is 26.4. The molecule has 1 fully saturated rings. The molecule has 0 unspecified atom stereocenters. The quantitative estimate of drug-likeness (QED) is 0.358. The number of aliphatic carboxylic acids is 1. The maximum Gasteiger partial charge on any atom is 0.490 e. The Hall–Kier alpha value is -4.21. The van der Waals surface area contributed by atoms with Crippen LogP contribution in [0.2, 0.25) is 0 Å². The zero-order valence-corrected chi connectivity index (χ0v) is 19.8. The van der Waals surface area contributed by atoms with Crippen molar-refractivity contribution in [1.29, 1.82) is 0 Å². The third-order valence-corrected chi connectivity index (χ3v) is 6.17. The Morgan fingerprint density at radius 1 is 0.946 bits per heavy atom. The van der Waals surface area contributed by atoms with E-state index in [1.165, 1.54) is 16.3 Å². The fourth-order valence-corrected chi connectivity index (χ4v) is 4.25. The first-order valence-corrected chi connectivity index (χ1v) is 11.7. The maximum absolute atomic E-state index is 12.7. The molecule has 1 saturated heterocycles. The third-order valence-electron chi connectivity index (χ3n) is 6.17. The van der Waals surface area contributed by atoms with Crippen LogP contribution in [0.5, 0.6) is 0 Å². The van der Waals surface area contributed by atoms with Gasteiger partial charge in [-0.1, -0.05) is 42.5 Å². The number of pyridine rings is 2. The van der Waals surface area contributed by atoms with Crippen LogP contribution in [0, 0.1) is 5.92 Å². The van der Waals surface area contributed by atoms with Crippen molar-refractivity contribution in [2.45, 2.75) is 25.4 Å². The van der Waals surface area contributed by atoms with E-state index in [9.17, 15) is 18.0 Å². The SMILES string of the molecule is O=C(Nc1ccc2ncccc2n1)N1CCC(Cc2ccc3ccccc3c2)CC1.O=C(O)C(F)(F)F. The number of urea groups is 1. The molecule has 192 valence electrons. The minimum absolute atomic E-state index is 0.0742. The number of aromatic nitrogens is 2. The second kappa shape index (κ2) is 11.2. The fourth-order valence-electron chi connectivity index (χ4n) is 4.25. The van der Waals surface area contributed by atoms with Crippen LogP contribution in [-0.2, 0) is 11.2 Å². The summed E-state index contributed by atoms with van der Waals surface area (Å²) in [6.07, 6.45) is -0.228. The summed E-state index contributed by atoms with van der Waals surface area (Å²) in [6.45, 7) is 1.55. The largest absolute Gasteiger partial charge is 0.490 e. The number of hydrogen-bond acceptors (Lipinski definition) is 4. The Morgan fingerprint density at radius 2 is 1.65 bits per heavy atom. The highest BCUT2D eigenvalue weighted by Crippen LogP contribution is 2.24. The van der Waals surface area contributed by atoms with Crippen molar-refractivity contribution in [3.05, 3.63) is 78.5 Å². The van der Waals surface area contributed by atoms with E-state index in [-0.39, 0.29) is 6.03 Å². The zero-order valence-electron chi connectivity index (χ0n) is 19.8. The Kier molecular flexibility index (Phi) is 7.86. The van der Waals surface area contributed by atoms with E-state index in [0.29, 0.717) is 11.7 Å². The van der Waals surface area contributed by atoms with Crippen molar-refractivity contribution < 1.29 is 27.9 Å². The van der Waals surface area contributed by atoms with E-state index >= 15 is 0 Å². The van der Waals surface area contributed by atoms with Crippen LogP contribution in [0.1, 0.15) is 18.4 Å². The molecule has 0 radical (unpaired) electrons. The molecule has 4 aromatic rings. The number of fused-ring (bicyclic) bond motifs is 2. The van der Waals surface area contributed by atoms with Gasteiger partial charge in [-0.05, 0) is 65.8 Å². The summed E-state index contributed by atoms with van der Waals surface area (Å²) in [5.74, 6) is -1.58. The highest BCUT2D eigenvalue weighted by molar-refractivity contribution is 5.90. The minimum Gasteiger partial charge on any atom is -0.475 e. The van der Waals surface area contributed by atoms with Gasteiger partial charge in [-0.15, -0.1) is 0 Å². The van der Waals surface area contributed by atoms with E-state index in [0.717, 1.165) is 43.4 Å². The average Bonchev–Trinajstić information content (AvgIpc) is 2.89. The summed E-state index contributed by atoms with van der Waals surface area (Å²) in [6, 6.07) is 22.6. The van der Waals surface area contributed by atoms with E-state index in [1.54, 1.807) is 12.3 Å². The normalized spacial score (nSPS) is 14.2. The first-order valence-electron chi connectivity index (χ1n) is 11.7. The van der Waals surface area contributed by atoms with Crippen LogP contribution in [0.25, 0.3) is 21.8 Å². The molecule has 3 heterocycles. The molecule has 1 aliphatic rings. The molecule has 0 atom stereocenters. The fraction of sp³-hybridized carbons (Fsp3) is 0.259. The molecular formula is C27H25F3N4O3. The number of halogens is 3. The van der Waals surface area contributed by atoms with Crippen LogP contribution in [-0.4, -0.2) is 51.2 Å². The van der Waals surface area contributed by atoms with Crippen molar-refractivity contribution >= 4 is 39.6 Å². The number of nitrogens with zero attached hydrogens (tertiary/aromatic N) is 3. The number of likely N-dealkylation sites (tertiary alicyclic amines) is 1. The molecule has 37 heavy (non-hydrogen) atoms. The lowest BCUT2D eigenvalue weighted by Crippen LogP contribution is -2.41. The van der Waals surface area contributed by atoms with Crippen molar-refractivity contribution in [1.82, 2.24) is 14.9 Å². The Morgan fingerprint density at radius 3 is 2.35 bits per heavy atom. The standard InChI is InChI=1S/C25H24N4O.C2HF3O2/c30-25(28-24-10-9-22-23(27-24)6-3-13-26-22)29-14-11-18(12-15-29)16-19-7-8-20-4-1-2-5-21(20)17-19;3-2(4,5)1(6)7/h1-10,13,17-18H,11-12,14-16H2,(H,27,28,30);(H,6,7). The van der Waals surface area contributed by atoms with Gasteiger partial charge in [0.25, 0.3) is 0 Å². The van der Waals surface area contributed by atoms with Gasteiger partial charge in [0.15, 0.2) is 0 Å². The van der Waals surface area contributed by atoms with Crippen molar-refractivity contribution in [3.63, 3.8) is 0 Å². The molecule has 2 amide bonds. The van der Waals surface area contributed by atoms with Gasteiger partial charge < -0.3 is 10.0 Å². The van der Waals surface area contributed by atoms with Crippen molar-refractivity contribution in [2.75, 3.05) is 18.4 Å². The summed E-state index contributed by atoms with van der Waals surface area (Å²) in [4.78, 5) is 32.2. The maximum atomic E-state index is 12.7. The molecule has 10 heteroatoms. The Bertz CT molecular complexity index is 1400. The summed E-state index contributed by atoms with van der Waals surface area (Å²) in [7, 11) is 0. The molecule has 2 aromatic heterocycles.